The monoisotopic (exact) mass is 360 g/mol. The molecule has 0 spiro atoms. The highest BCUT2D eigenvalue weighted by Gasteiger charge is 2.31. The van der Waals surface area contributed by atoms with E-state index < -0.39 is 11.9 Å². The Hall–Kier alpha value is -2.21. The van der Waals surface area contributed by atoms with Gasteiger partial charge in [-0.25, -0.2) is 4.39 Å². The summed E-state index contributed by atoms with van der Waals surface area (Å²) in [5, 5.41) is 4.87. The van der Waals surface area contributed by atoms with Crippen LogP contribution in [-0.4, -0.2) is 29.3 Å². The molecule has 0 radical (unpaired) electrons. The Labute approximate surface area is 150 Å². The summed E-state index contributed by atoms with van der Waals surface area (Å²) < 4.78 is 13.0. The molecule has 1 unspecified atom stereocenters. The lowest BCUT2D eigenvalue weighted by Gasteiger charge is -2.32. The third-order valence-electron chi connectivity index (χ3n) is 4.45. The molecule has 0 saturated heterocycles. The van der Waals surface area contributed by atoms with E-state index >= 15 is 0 Å². The molecule has 25 heavy (non-hydrogen) atoms. The molecule has 1 N–H and O–H groups in total. The van der Waals surface area contributed by atoms with Gasteiger partial charge in [-0.15, -0.1) is 11.3 Å². The summed E-state index contributed by atoms with van der Waals surface area (Å²) in [6.07, 6.45) is 0.857. The molecule has 2 heterocycles. The van der Waals surface area contributed by atoms with Gasteiger partial charge in [0.25, 0.3) is 5.91 Å². The number of thiophene rings is 1. The maximum absolute atomic E-state index is 13.0. The summed E-state index contributed by atoms with van der Waals surface area (Å²) in [5.74, 6) is -0.865. The molecule has 1 aromatic carbocycles. The van der Waals surface area contributed by atoms with E-state index in [0.717, 1.165) is 6.42 Å². The molecular weight excluding hydrogens is 339 g/mol. The molecule has 0 bridgehead atoms. The van der Waals surface area contributed by atoms with Gasteiger partial charge in [0.1, 0.15) is 11.9 Å². The summed E-state index contributed by atoms with van der Waals surface area (Å²) >= 11 is 1.72. The minimum atomic E-state index is -0.599. The van der Waals surface area contributed by atoms with Crippen LogP contribution in [0.4, 0.5) is 4.39 Å². The molecule has 0 saturated carbocycles. The van der Waals surface area contributed by atoms with Gasteiger partial charge in [0.15, 0.2) is 0 Å². The molecule has 0 aliphatic carbocycles. The molecule has 4 nitrogen and oxygen atoms in total. The lowest BCUT2D eigenvalue weighted by atomic mass is 10.0. The number of carbonyl (C=O) groups excluding carboxylic acids is 2. The van der Waals surface area contributed by atoms with E-state index in [0.29, 0.717) is 18.7 Å². The van der Waals surface area contributed by atoms with E-state index in [4.69, 9.17) is 0 Å². The molecule has 3 rings (SSSR count). The largest absolute Gasteiger partial charge is 0.340 e. The molecule has 132 valence electrons. The van der Waals surface area contributed by atoms with Crippen molar-refractivity contribution < 1.29 is 14.0 Å². The highest BCUT2D eigenvalue weighted by molar-refractivity contribution is 7.10. The fraction of sp³-hybridized carbons (Fsp3) is 0.368. The summed E-state index contributed by atoms with van der Waals surface area (Å²) in [6, 6.07) is 6.78. The molecule has 1 aliphatic rings. The van der Waals surface area contributed by atoms with Crippen molar-refractivity contribution in [2.24, 2.45) is 5.92 Å². The summed E-state index contributed by atoms with van der Waals surface area (Å²) in [7, 11) is 0. The SMILES string of the molecule is CC(C)C(NC(=O)c1ccc(F)cc1)C(=O)N1CCc2sccc2C1. The first-order valence-electron chi connectivity index (χ1n) is 8.36. The highest BCUT2D eigenvalue weighted by Crippen LogP contribution is 2.25. The Morgan fingerprint density at radius 3 is 2.60 bits per heavy atom. The van der Waals surface area contributed by atoms with Crippen LogP contribution in [0.5, 0.6) is 0 Å². The zero-order valence-electron chi connectivity index (χ0n) is 14.3. The van der Waals surface area contributed by atoms with E-state index in [1.807, 2.05) is 18.7 Å². The smallest absolute Gasteiger partial charge is 0.251 e. The number of hydrogen-bond acceptors (Lipinski definition) is 3. The lowest BCUT2D eigenvalue weighted by Crippen LogP contribution is -2.52. The number of nitrogens with one attached hydrogen (secondary N) is 1. The maximum atomic E-state index is 13.0. The first kappa shape index (κ1) is 17.6. The third kappa shape index (κ3) is 3.90. The molecule has 6 heteroatoms. The predicted molar refractivity (Wildman–Crippen MR) is 95.9 cm³/mol. The Bertz CT molecular complexity index is 770. The number of halogens is 1. The quantitative estimate of drug-likeness (QED) is 0.910. The van der Waals surface area contributed by atoms with Gasteiger partial charge in [-0.2, -0.15) is 0 Å². The zero-order valence-corrected chi connectivity index (χ0v) is 15.1. The molecule has 0 fully saturated rings. The number of hydrogen-bond donors (Lipinski definition) is 1. The normalized spacial score (nSPS) is 15.0. The van der Waals surface area contributed by atoms with Crippen molar-refractivity contribution in [3.8, 4) is 0 Å². The van der Waals surface area contributed by atoms with Crippen molar-refractivity contribution in [2.75, 3.05) is 6.54 Å². The van der Waals surface area contributed by atoms with Crippen molar-refractivity contribution in [1.82, 2.24) is 10.2 Å². The maximum Gasteiger partial charge on any atom is 0.251 e. The third-order valence-corrected chi connectivity index (χ3v) is 5.47. The molecule has 1 aliphatic heterocycles. The van der Waals surface area contributed by atoms with Crippen LogP contribution >= 0.6 is 11.3 Å². The number of amides is 2. The molecule has 1 aromatic heterocycles. The number of rotatable bonds is 4. The minimum Gasteiger partial charge on any atom is -0.340 e. The average Bonchev–Trinajstić information content (AvgIpc) is 3.06. The van der Waals surface area contributed by atoms with Crippen LogP contribution in [0, 0.1) is 11.7 Å². The highest BCUT2D eigenvalue weighted by atomic mass is 32.1. The van der Waals surface area contributed by atoms with Crippen LogP contribution in [0.15, 0.2) is 35.7 Å². The van der Waals surface area contributed by atoms with E-state index in [-0.39, 0.29) is 17.7 Å². The van der Waals surface area contributed by atoms with E-state index in [1.54, 1.807) is 11.3 Å². The van der Waals surface area contributed by atoms with Gasteiger partial charge in [0, 0.05) is 23.5 Å². The van der Waals surface area contributed by atoms with Gasteiger partial charge in [-0.1, -0.05) is 13.8 Å². The Kier molecular flexibility index (Phi) is 5.18. The lowest BCUT2D eigenvalue weighted by molar-refractivity contribution is -0.135. The number of nitrogens with zero attached hydrogens (tertiary/aromatic N) is 1. The van der Waals surface area contributed by atoms with Crippen molar-refractivity contribution in [2.45, 2.75) is 32.9 Å². The zero-order chi connectivity index (χ0) is 18.0. The van der Waals surface area contributed by atoms with Gasteiger partial charge in [0.2, 0.25) is 5.91 Å². The first-order chi connectivity index (χ1) is 12.0. The second-order valence-corrected chi connectivity index (χ2v) is 7.58. The van der Waals surface area contributed by atoms with E-state index in [9.17, 15) is 14.0 Å². The van der Waals surface area contributed by atoms with Gasteiger partial charge in [-0.3, -0.25) is 9.59 Å². The van der Waals surface area contributed by atoms with Crippen molar-refractivity contribution in [3.63, 3.8) is 0 Å². The van der Waals surface area contributed by atoms with Crippen LogP contribution in [0.25, 0.3) is 0 Å². The molecule has 1 atom stereocenters. The van der Waals surface area contributed by atoms with Gasteiger partial charge in [0.05, 0.1) is 0 Å². The molecule has 2 aromatic rings. The van der Waals surface area contributed by atoms with Gasteiger partial charge >= 0.3 is 0 Å². The Morgan fingerprint density at radius 2 is 1.92 bits per heavy atom. The van der Waals surface area contributed by atoms with Crippen molar-refractivity contribution in [1.29, 1.82) is 0 Å². The van der Waals surface area contributed by atoms with Crippen LogP contribution in [0.3, 0.4) is 0 Å². The van der Waals surface area contributed by atoms with Crippen LogP contribution < -0.4 is 5.32 Å². The number of carbonyl (C=O) groups is 2. The first-order valence-corrected chi connectivity index (χ1v) is 9.24. The van der Waals surface area contributed by atoms with Crippen LogP contribution in [0.2, 0.25) is 0 Å². The van der Waals surface area contributed by atoms with E-state index in [2.05, 4.69) is 16.8 Å². The van der Waals surface area contributed by atoms with Crippen molar-refractivity contribution >= 4 is 23.2 Å². The topological polar surface area (TPSA) is 49.4 Å². The van der Waals surface area contributed by atoms with E-state index in [1.165, 1.54) is 34.7 Å². The number of benzene rings is 1. The molecular formula is C19H21FN2O2S. The average molecular weight is 360 g/mol. The fourth-order valence-corrected chi connectivity index (χ4v) is 3.86. The minimum absolute atomic E-state index is 0.0410. The van der Waals surface area contributed by atoms with Crippen LogP contribution in [0.1, 0.15) is 34.6 Å². The predicted octanol–water partition coefficient (Wildman–Crippen LogP) is 3.23. The number of fused-ring (bicyclic) bond motifs is 1. The summed E-state index contributed by atoms with van der Waals surface area (Å²) in [6.45, 7) is 5.08. The Balaban J connectivity index is 1.71. The fourth-order valence-electron chi connectivity index (χ4n) is 2.97. The van der Waals surface area contributed by atoms with Gasteiger partial charge < -0.3 is 10.2 Å². The second kappa shape index (κ2) is 7.35. The second-order valence-electron chi connectivity index (χ2n) is 6.58. The molecule has 2 amide bonds. The van der Waals surface area contributed by atoms with Crippen molar-refractivity contribution in [3.05, 3.63) is 57.5 Å². The van der Waals surface area contributed by atoms with Crippen LogP contribution in [-0.2, 0) is 17.8 Å². The summed E-state index contributed by atoms with van der Waals surface area (Å²) in [4.78, 5) is 28.5. The standard InChI is InChI=1S/C19H21FN2O2S/c1-12(2)17(21-18(23)13-3-5-15(20)6-4-13)19(24)22-9-7-16-14(11-22)8-10-25-16/h3-6,8,10,12,17H,7,9,11H2,1-2H3,(H,21,23). The Morgan fingerprint density at radius 1 is 1.20 bits per heavy atom. The summed E-state index contributed by atoms with van der Waals surface area (Å²) in [5.41, 5.74) is 1.54. The van der Waals surface area contributed by atoms with Gasteiger partial charge in [-0.05, 0) is 53.6 Å².